The summed E-state index contributed by atoms with van der Waals surface area (Å²) in [5.74, 6) is -0.219. The molecule has 1 rings (SSSR count). The van der Waals surface area contributed by atoms with Gasteiger partial charge >= 0.3 is 5.97 Å². The zero-order valence-electron chi connectivity index (χ0n) is 7.88. The summed E-state index contributed by atoms with van der Waals surface area (Å²) in [5, 5.41) is 1.71. The second kappa shape index (κ2) is 4.45. The Bertz CT molecular complexity index is 153. The van der Waals surface area contributed by atoms with Crippen molar-refractivity contribution in [1.82, 2.24) is 5.06 Å². The molecule has 0 unspecified atom stereocenters. The molecule has 0 aromatic heterocycles. The molecule has 0 aromatic carbocycles. The number of carbonyl (C=O) groups excluding carboxylic acids is 1. The molecule has 1 saturated carbocycles. The van der Waals surface area contributed by atoms with E-state index >= 15 is 0 Å². The first-order valence-electron chi connectivity index (χ1n) is 4.61. The van der Waals surface area contributed by atoms with Crippen LogP contribution in [0.2, 0.25) is 0 Å². The van der Waals surface area contributed by atoms with E-state index < -0.39 is 0 Å². The fraction of sp³-hybridized carbons (Fsp3) is 0.889. The molecule has 0 atom stereocenters. The van der Waals surface area contributed by atoms with E-state index in [9.17, 15) is 4.79 Å². The van der Waals surface area contributed by atoms with Gasteiger partial charge in [-0.25, -0.2) is 0 Å². The highest BCUT2D eigenvalue weighted by Crippen LogP contribution is 2.21. The minimum Gasteiger partial charge on any atom is -0.368 e. The lowest BCUT2D eigenvalue weighted by Crippen LogP contribution is -2.34. The molecule has 1 aliphatic carbocycles. The van der Waals surface area contributed by atoms with E-state index in [0.717, 1.165) is 12.8 Å². The van der Waals surface area contributed by atoms with Crippen molar-refractivity contribution < 1.29 is 9.63 Å². The highest BCUT2D eigenvalue weighted by molar-refractivity contribution is 5.65. The Balaban J connectivity index is 2.29. The Morgan fingerprint density at radius 2 is 1.92 bits per heavy atom. The molecule has 0 aliphatic heterocycles. The fourth-order valence-electron chi connectivity index (χ4n) is 1.72. The van der Waals surface area contributed by atoms with Crippen molar-refractivity contribution in [3.05, 3.63) is 0 Å². The second-order valence-electron chi connectivity index (χ2n) is 3.42. The lowest BCUT2D eigenvalue weighted by Gasteiger charge is -2.28. The number of hydroxylamine groups is 2. The summed E-state index contributed by atoms with van der Waals surface area (Å²) in [6.07, 6.45) is 6.16. The van der Waals surface area contributed by atoms with Crippen molar-refractivity contribution in [2.45, 2.75) is 45.1 Å². The maximum Gasteiger partial charge on any atom is 0.322 e. The third-order valence-corrected chi connectivity index (χ3v) is 2.36. The molecule has 3 heteroatoms. The van der Waals surface area contributed by atoms with Gasteiger partial charge in [0, 0.05) is 20.0 Å². The third-order valence-electron chi connectivity index (χ3n) is 2.36. The second-order valence-corrected chi connectivity index (χ2v) is 3.42. The van der Waals surface area contributed by atoms with Crippen molar-refractivity contribution in [2.24, 2.45) is 0 Å². The maximum absolute atomic E-state index is 10.6. The minimum atomic E-state index is -0.219. The Labute approximate surface area is 73.6 Å². The highest BCUT2D eigenvalue weighted by Gasteiger charge is 2.19. The average Bonchev–Trinajstić information content (AvgIpc) is 2.05. The predicted molar refractivity (Wildman–Crippen MR) is 46.4 cm³/mol. The molecule has 0 N–H and O–H groups in total. The number of carbonyl (C=O) groups is 1. The molecular weight excluding hydrogens is 154 g/mol. The summed E-state index contributed by atoms with van der Waals surface area (Å²) < 4.78 is 0. The van der Waals surface area contributed by atoms with Crippen molar-refractivity contribution in [2.75, 3.05) is 7.05 Å². The third kappa shape index (κ3) is 2.81. The van der Waals surface area contributed by atoms with Gasteiger partial charge in [0.1, 0.15) is 0 Å². The van der Waals surface area contributed by atoms with Gasteiger partial charge in [0.25, 0.3) is 0 Å². The molecule has 0 bridgehead atoms. The smallest absolute Gasteiger partial charge is 0.322 e. The van der Waals surface area contributed by atoms with Crippen LogP contribution in [0.3, 0.4) is 0 Å². The standard InChI is InChI=1S/C9H17NO2/c1-8(11)12-10(2)9-6-4-3-5-7-9/h9H,3-7H2,1-2H3. The molecule has 1 aliphatic rings. The fourth-order valence-corrected chi connectivity index (χ4v) is 1.72. The molecule has 0 saturated heterocycles. The van der Waals surface area contributed by atoms with Crippen LogP contribution in [0.15, 0.2) is 0 Å². The van der Waals surface area contributed by atoms with Crippen LogP contribution >= 0.6 is 0 Å². The Hall–Kier alpha value is -0.570. The predicted octanol–water partition coefficient (Wildman–Crippen LogP) is 1.73. The molecule has 3 nitrogen and oxygen atoms in total. The van der Waals surface area contributed by atoms with Crippen LogP contribution in [0.4, 0.5) is 0 Å². The van der Waals surface area contributed by atoms with Crippen LogP contribution in [-0.4, -0.2) is 24.1 Å². The summed E-state index contributed by atoms with van der Waals surface area (Å²) in [6, 6.07) is 0.447. The zero-order valence-corrected chi connectivity index (χ0v) is 7.88. The highest BCUT2D eigenvalue weighted by atomic mass is 16.7. The normalized spacial score (nSPS) is 19.6. The van der Waals surface area contributed by atoms with Gasteiger partial charge in [-0.05, 0) is 12.8 Å². The Morgan fingerprint density at radius 3 is 2.42 bits per heavy atom. The summed E-state index contributed by atoms with van der Waals surface area (Å²) in [5.41, 5.74) is 0. The van der Waals surface area contributed by atoms with E-state index in [4.69, 9.17) is 4.84 Å². The summed E-state index contributed by atoms with van der Waals surface area (Å²) in [4.78, 5) is 15.6. The van der Waals surface area contributed by atoms with E-state index in [1.54, 1.807) is 5.06 Å². The largest absolute Gasteiger partial charge is 0.368 e. The van der Waals surface area contributed by atoms with Crippen LogP contribution in [0.25, 0.3) is 0 Å². The maximum atomic E-state index is 10.6. The SMILES string of the molecule is CC(=O)ON(C)C1CCCCC1. The molecule has 0 radical (unpaired) electrons. The quantitative estimate of drug-likeness (QED) is 0.592. The Kier molecular flexibility index (Phi) is 3.53. The van der Waals surface area contributed by atoms with Gasteiger partial charge in [0.15, 0.2) is 0 Å². The van der Waals surface area contributed by atoms with E-state index in [1.165, 1.54) is 26.2 Å². The number of hydrogen-bond donors (Lipinski definition) is 0. The summed E-state index contributed by atoms with van der Waals surface area (Å²) in [6.45, 7) is 1.44. The average molecular weight is 171 g/mol. The van der Waals surface area contributed by atoms with Crippen molar-refractivity contribution in [3.8, 4) is 0 Å². The molecule has 0 aromatic rings. The number of nitrogens with zero attached hydrogens (tertiary/aromatic N) is 1. The molecule has 70 valence electrons. The molecule has 12 heavy (non-hydrogen) atoms. The van der Waals surface area contributed by atoms with Gasteiger partial charge in [-0.1, -0.05) is 19.3 Å². The van der Waals surface area contributed by atoms with E-state index in [-0.39, 0.29) is 5.97 Å². The first-order chi connectivity index (χ1) is 5.70. The van der Waals surface area contributed by atoms with Crippen LogP contribution in [0, 0.1) is 0 Å². The van der Waals surface area contributed by atoms with Crippen LogP contribution < -0.4 is 0 Å². The van der Waals surface area contributed by atoms with Crippen molar-refractivity contribution in [1.29, 1.82) is 0 Å². The van der Waals surface area contributed by atoms with Gasteiger partial charge in [-0.3, -0.25) is 4.79 Å². The van der Waals surface area contributed by atoms with Crippen molar-refractivity contribution in [3.63, 3.8) is 0 Å². The van der Waals surface area contributed by atoms with Gasteiger partial charge in [-0.15, -0.1) is 5.06 Å². The van der Waals surface area contributed by atoms with Gasteiger partial charge in [-0.2, -0.15) is 0 Å². The lowest BCUT2D eigenvalue weighted by atomic mass is 9.95. The minimum absolute atomic E-state index is 0.219. The van der Waals surface area contributed by atoms with E-state index in [2.05, 4.69) is 0 Å². The molecular formula is C9H17NO2. The summed E-state index contributed by atoms with van der Waals surface area (Å²) >= 11 is 0. The van der Waals surface area contributed by atoms with Crippen molar-refractivity contribution >= 4 is 5.97 Å². The molecule has 0 amide bonds. The van der Waals surface area contributed by atoms with Crippen LogP contribution in [-0.2, 0) is 9.63 Å². The number of hydrogen-bond acceptors (Lipinski definition) is 3. The monoisotopic (exact) mass is 171 g/mol. The Morgan fingerprint density at radius 1 is 1.33 bits per heavy atom. The molecule has 0 spiro atoms. The van der Waals surface area contributed by atoms with Crippen LogP contribution in [0.1, 0.15) is 39.0 Å². The summed E-state index contributed by atoms with van der Waals surface area (Å²) in [7, 11) is 1.84. The van der Waals surface area contributed by atoms with E-state index in [1.807, 2.05) is 7.05 Å². The van der Waals surface area contributed by atoms with Gasteiger partial charge < -0.3 is 4.84 Å². The molecule has 1 fully saturated rings. The topological polar surface area (TPSA) is 29.5 Å². The first kappa shape index (κ1) is 9.52. The van der Waals surface area contributed by atoms with Crippen LogP contribution in [0.5, 0.6) is 0 Å². The zero-order chi connectivity index (χ0) is 8.97. The van der Waals surface area contributed by atoms with E-state index in [0.29, 0.717) is 6.04 Å². The first-order valence-corrected chi connectivity index (χ1v) is 4.61. The van der Waals surface area contributed by atoms with Gasteiger partial charge in [0.2, 0.25) is 0 Å². The molecule has 0 heterocycles. The van der Waals surface area contributed by atoms with Gasteiger partial charge in [0.05, 0.1) is 0 Å². The number of rotatable bonds is 2. The lowest BCUT2D eigenvalue weighted by molar-refractivity contribution is -0.193.